The van der Waals surface area contributed by atoms with E-state index < -0.39 is 10.8 Å². The lowest BCUT2D eigenvalue weighted by Crippen LogP contribution is -2.16. The van der Waals surface area contributed by atoms with E-state index in [1.54, 1.807) is 6.07 Å². The number of hydrogen-bond acceptors (Lipinski definition) is 5. The SMILES string of the molecule is O=C(N/N=C/c1cc([N+](=O)[O-])ccc1Cl)c1ccc(Br)o1. The van der Waals surface area contributed by atoms with Crippen LogP contribution in [0.4, 0.5) is 5.69 Å². The van der Waals surface area contributed by atoms with Crippen LogP contribution in [0.5, 0.6) is 0 Å². The molecule has 0 radical (unpaired) electrons. The van der Waals surface area contributed by atoms with Crippen molar-refractivity contribution in [3.63, 3.8) is 0 Å². The summed E-state index contributed by atoms with van der Waals surface area (Å²) in [5.74, 6) is -0.484. The minimum Gasteiger partial charge on any atom is -0.444 e. The first kappa shape index (κ1) is 15.2. The van der Waals surface area contributed by atoms with Crippen molar-refractivity contribution in [2.75, 3.05) is 0 Å². The molecule has 0 aliphatic rings. The fourth-order valence-electron chi connectivity index (χ4n) is 1.40. The summed E-state index contributed by atoms with van der Waals surface area (Å²) >= 11 is 8.96. The zero-order chi connectivity index (χ0) is 15.4. The molecule has 108 valence electrons. The quantitative estimate of drug-likeness (QED) is 0.505. The monoisotopic (exact) mass is 371 g/mol. The first-order valence-corrected chi connectivity index (χ1v) is 6.67. The number of hydrogen-bond donors (Lipinski definition) is 1. The van der Waals surface area contributed by atoms with Crippen LogP contribution < -0.4 is 5.43 Å². The van der Waals surface area contributed by atoms with Crippen LogP contribution >= 0.6 is 27.5 Å². The molecule has 1 aromatic heterocycles. The zero-order valence-electron chi connectivity index (χ0n) is 10.2. The Morgan fingerprint density at radius 2 is 2.19 bits per heavy atom. The van der Waals surface area contributed by atoms with E-state index in [0.29, 0.717) is 10.2 Å². The number of nitro benzene ring substituents is 1. The number of carbonyl (C=O) groups excluding carboxylic acids is 1. The van der Waals surface area contributed by atoms with Gasteiger partial charge in [0.25, 0.3) is 5.69 Å². The van der Waals surface area contributed by atoms with Crippen LogP contribution in [0.2, 0.25) is 5.02 Å². The van der Waals surface area contributed by atoms with Crippen molar-refractivity contribution in [3.05, 3.63) is 61.5 Å². The van der Waals surface area contributed by atoms with Gasteiger partial charge in [-0.1, -0.05) is 11.6 Å². The van der Waals surface area contributed by atoms with Gasteiger partial charge in [0.1, 0.15) is 0 Å². The Labute approximate surface area is 131 Å². The predicted molar refractivity (Wildman–Crippen MR) is 79.6 cm³/mol. The minimum absolute atomic E-state index is 0.0733. The van der Waals surface area contributed by atoms with E-state index in [4.69, 9.17) is 16.0 Å². The molecule has 7 nitrogen and oxygen atoms in total. The molecule has 0 fully saturated rings. The summed E-state index contributed by atoms with van der Waals surface area (Å²) in [5.41, 5.74) is 2.41. The summed E-state index contributed by atoms with van der Waals surface area (Å²) in [7, 11) is 0. The van der Waals surface area contributed by atoms with Gasteiger partial charge in [0.05, 0.1) is 11.1 Å². The number of amides is 1. The van der Waals surface area contributed by atoms with Crippen molar-refractivity contribution in [2.45, 2.75) is 0 Å². The van der Waals surface area contributed by atoms with Crippen LogP contribution in [0.1, 0.15) is 16.1 Å². The second-order valence-corrected chi connectivity index (χ2v) is 4.95. The molecule has 1 heterocycles. The topological polar surface area (TPSA) is 97.7 Å². The van der Waals surface area contributed by atoms with E-state index in [1.807, 2.05) is 0 Å². The number of halogens is 2. The molecule has 0 unspecified atom stereocenters. The molecule has 9 heteroatoms. The highest BCUT2D eigenvalue weighted by atomic mass is 79.9. The first-order chi connectivity index (χ1) is 9.97. The highest BCUT2D eigenvalue weighted by Gasteiger charge is 2.10. The number of hydrazone groups is 1. The van der Waals surface area contributed by atoms with Gasteiger partial charge in [-0.05, 0) is 34.1 Å². The molecular weight excluding hydrogens is 366 g/mol. The molecule has 1 N–H and O–H groups in total. The Kier molecular flexibility index (Phi) is 4.71. The smallest absolute Gasteiger partial charge is 0.307 e. The zero-order valence-corrected chi connectivity index (χ0v) is 12.6. The molecule has 2 aromatic rings. The van der Waals surface area contributed by atoms with Crippen LogP contribution in [0, 0.1) is 10.1 Å². The number of benzene rings is 1. The highest BCUT2D eigenvalue weighted by molar-refractivity contribution is 9.10. The molecule has 0 saturated carbocycles. The van der Waals surface area contributed by atoms with Gasteiger partial charge >= 0.3 is 5.91 Å². The highest BCUT2D eigenvalue weighted by Crippen LogP contribution is 2.20. The number of furan rings is 1. The van der Waals surface area contributed by atoms with Crippen LogP contribution in [-0.2, 0) is 0 Å². The van der Waals surface area contributed by atoms with E-state index in [2.05, 4.69) is 26.5 Å². The number of rotatable bonds is 4. The van der Waals surface area contributed by atoms with Gasteiger partial charge in [-0.3, -0.25) is 14.9 Å². The average molecular weight is 373 g/mol. The maximum absolute atomic E-state index is 11.6. The van der Waals surface area contributed by atoms with Crippen molar-refractivity contribution in [3.8, 4) is 0 Å². The molecule has 1 amide bonds. The average Bonchev–Trinajstić information content (AvgIpc) is 2.87. The third kappa shape index (κ3) is 3.89. The van der Waals surface area contributed by atoms with Gasteiger partial charge in [0.2, 0.25) is 0 Å². The molecular formula is C12H7BrClN3O4. The Bertz CT molecular complexity index is 729. The van der Waals surface area contributed by atoms with Crippen molar-refractivity contribution < 1.29 is 14.1 Å². The summed E-state index contributed by atoms with van der Waals surface area (Å²) in [6, 6.07) is 6.94. The summed E-state index contributed by atoms with van der Waals surface area (Å²) in [6.45, 7) is 0. The third-order valence-electron chi connectivity index (χ3n) is 2.36. The molecule has 0 spiro atoms. The van der Waals surface area contributed by atoms with E-state index in [0.717, 1.165) is 0 Å². The van der Waals surface area contributed by atoms with Crippen LogP contribution in [0.25, 0.3) is 0 Å². The molecule has 0 bridgehead atoms. The van der Waals surface area contributed by atoms with Crippen molar-refractivity contribution in [1.29, 1.82) is 0 Å². The standard InChI is InChI=1S/C12H7BrClN3O4/c13-11-4-3-10(21-11)12(18)16-15-6-7-5-8(17(19)20)1-2-9(7)14/h1-6H,(H,16,18)/b15-6+. The molecule has 0 saturated heterocycles. The molecule has 0 atom stereocenters. The Balaban J connectivity index is 2.09. The second kappa shape index (κ2) is 6.51. The van der Waals surface area contributed by atoms with Crippen molar-refractivity contribution in [1.82, 2.24) is 5.43 Å². The van der Waals surface area contributed by atoms with Crippen LogP contribution in [-0.4, -0.2) is 17.0 Å². The third-order valence-corrected chi connectivity index (χ3v) is 3.13. The number of nitro groups is 1. The minimum atomic E-state index is -0.557. The number of nitrogens with one attached hydrogen (secondary N) is 1. The fraction of sp³-hybridized carbons (Fsp3) is 0. The maximum atomic E-state index is 11.6. The molecule has 2 rings (SSSR count). The van der Waals surface area contributed by atoms with Crippen LogP contribution in [0.3, 0.4) is 0 Å². The van der Waals surface area contributed by atoms with Gasteiger partial charge < -0.3 is 4.42 Å². The normalized spacial score (nSPS) is 10.8. The molecule has 0 aliphatic heterocycles. The fourth-order valence-corrected chi connectivity index (χ4v) is 1.87. The summed E-state index contributed by atoms with van der Waals surface area (Å²) in [4.78, 5) is 21.7. The molecule has 0 aliphatic carbocycles. The van der Waals surface area contributed by atoms with E-state index >= 15 is 0 Å². The predicted octanol–water partition coefficient (Wildman–Crippen LogP) is 3.37. The van der Waals surface area contributed by atoms with Gasteiger partial charge in [-0.2, -0.15) is 5.10 Å². The lowest BCUT2D eigenvalue weighted by Gasteiger charge is -1.98. The lowest BCUT2D eigenvalue weighted by molar-refractivity contribution is -0.384. The van der Waals surface area contributed by atoms with Crippen molar-refractivity contribution >= 4 is 45.3 Å². The van der Waals surface area contributed by atoms with Crippen LogP contribution in [0.15, 0.2) is 44.5 Å². The maximum Gasteiger partial charge on any atom is 0.307 e. The number of non-ortho nitro benzene ring substituents is 1. The second-order valence-electron chi connectivity index (χ2n) is 3.77. The van der Waals surface area contributed by atoms with Gasteiger partial charge in [0.15, 0.2) is 10.4 Å². The Morgan fingerprint density at radius 1 is 1.43 bits per heavy atom. The number of carbonyl (C=O) groups is 1. The van der Waals surface area contributed by atoms with Gasteiger partial charge in [-0.25, -0.2) is 5.43 Å². The first-order valence-electron chi connectivity index (χ1n) is 5.50. The van der Waals surface area contributed by atoms with E-state index in [1.165, 1.54) is 30.5 Å². The summed E-state index contributed by atoms with van der Waals surface area (Å²) < 4.78 is 5.45. The molecule has 21 heavy (non-hydrogen) atoms. The largest absolute Gasteiger partial charge is 0.444 e. The molecule has 1 aromatic carbocycles. The van der Waals surface area contributed by atoms with E-state index in [-0.39, 0.29) is 16.5 Å². The summed E-state index contributed by atoms with van der Waals surface area (Å²) in [5, 5.41) is 14.6. The Morgan fingerprint density at radius 3 is 2.81 bits per heavy atom. The number of nitrogens with zero attached hydrogens (tertiary/aromatic N) is 2. The lowest BCUT2D eigenvalue weighted by atomic mass is 10.2. The van der Waals surface area contributed by atoms with Gasteiger partial charge in [0, 0.05) is 22.7 Å². The Hall–Kier alpha value is -2.19. The van der Waals surface area contributed by atoms with E-state index in [9.17, 15) is 14.9 Å². The van der Waals surface area contributed by atoms with Gasteiger partial charge in [-0.15, -0.1) is 0 Å². The van der Waals surface area contributed by atoms with Crippen molar-refractivity contribution in [2.24, 2.45) is 5.10 Å². The summed E-state index contributed by atoms with van der Waals surface area (Å²) in [6.07, 6.45) is 1.21.